The predicted molar refractivity (Wildman–Crippen MR) is 97.6 cm³/mol. The van der Waals surface area contributed by atoms with Crippen molar-refractivity contribution in [2.45, 2.75) is 51.7 Å². The van der Waals surface area contributed by atoms with Crippen molar-refractivity contribution in [2.24, 2.45) is 0 Å². The smallest absolute Gasteiger partial charge is 0.410 e. The first-order valence-electron chi connectivity index (χ1n) is 9.10. The van der Waals surface area contributed by atoms with Crippen LogP contribution in [-0.4, -0.2) is 39.2 Å². The predicted octanol–water partition coefficient (Wildman–Crippen LogP) is 3.80. The van der Waals surface area contributed by atoms with E-state index in [-0.39, 0.29) is 6.09 Å². The molecular weight excluding hydrogens is 330 g/mol. The van der Waals surface area contributed by atoms with E-state index in [4.69, 9.17) is 9.47 Å². The number of hydrogen-bond acceptors (Lipinski definition) is 4. The Morgan fingerprint density at radius 1 is 1.23 bits per heavy atom. The number of pyridine rings is 1. The highest BCUT2D eigenvalue weighted by atomic mass is 16.6. The van der Waals surface area contributed by atoms with Crippen molar-refractivity contribution in [3.05, 3.63) is 41.9 Å². The van der Waals surface area contributed by atoms with Crippen molar-refractivity contribution >= 4 is 6.09 Å². The van der Waals surface area contributed by atoms with E-state index in [1.807, 2.05) is 32.9 Å². The molecule has 4 rings (SSSR count). The molecule has 138 valence electrons. The first-order valence-corrected chi connectivity index (χ1v) is 9.10. The average molecular weight is 355 g/mol. The standard InChI is InChI=1S/C20H25N3O3/c1-14-7-8-16-20(25-17-15(23(14)16)6-5-11-21-17)9-12-22(13-10-20)18(24)26-19(2,3)4/h5-8,11H,9-10,12-13H2,1-4H3. The van der Waals surface area contributed by atoms with Gasteiger partial charge in [-0.25, -0.2) is 9.78 Å². The van der Waals surface area contributed by atoms with Crippen LogP contribution < -0.4 is 4.74 Å². The molecule has 1 saturated heterocycles. The summed E-state index contributed by atoms with van der Waals surface area (Å²) in [5.74, 6) is 0.657. The minimum atomic E-state index is -0.484. The number of nitrogens with zero attached hydrogens (tertiary/aromatic N) is 3. The summed E-state index contributed by atoms with van der Waals surface area (Å²) in [6.45, 7) is 8.95. The lowest BCUT2D eigenvalue weighted by Crippen LogP contribution is -2.51. The highest BCUT2D eigenvalue weighted by molar-refractivity contribution is 5.68. The second kappa shape index (κ2) is 5.76. The molecule has 0 aromatic carbocycles. The van der Waals surface area contributed by atoms with E-state index in [1.165, 1.54) is 0 Å². The van der Waals surface area contributed by atoms with E-state index in [0.717, 1.165) is 17.1 Å². The molecule has 6 nitrogen and oxygen atoms in total. The molecule has 2 aliphatic rings. The van der Waals surface area contributed by atoms with Gasteiger partial charge < -0.3 is 18.9 Å². The summed E-state index contributed by atoms with van der Waals surface area (Å²) in [6, 6.07) is 8.20. The number of aromatic nitrogens is 2. The lowest BCUT2D eigenvalue weighted by Gasteiger charge is -2.44. The summed E-state index contributed by atoms with van der Waals surface area (Å²) in [6.07, 6.45) is 2.93. The van der Waals surface area contributed by atoms with Crippen LogP contribution in [0.15, 0.2) is 30.5 Å². The number of hydrogen-bond donors (Lipinski definition) is 0. The monoisotopic (exact) mass is 355 g/mol. The van der Waals surface area contributed by atoms with Gasteiger partial charge in [0, 0.05) is 37.8 Å². The summed E-state index contributed by atoms with van der Waals surface area (Å²) in [7, 11) is 0. The number of carbonyl (C=O) groups is 1. The Morgan fingerprint density at radius 3 is 2.65 bits per heavy atom. The fraction of sp³-hybridized carbons (Fsp3) is 0.500. The topological polar surface area (TPSA) is 56.6 Å². The van der Waals surface area contributed by atoms with Crippen molar-refractivity contribution in [1.82, 2.24) is 14.5 Å². The number of rotatable bonds is 0. The maximum Gasteiger partial charge on any atom is 0.410 e. The second-order valence-corrected chi connectivity index (χ2v) is 8.09. The first kappa shape index (κ1) is 16.9. The van der Waals surface area contributed by atoms with Gasteiger partial charge in [0.25, 0.3) is 0 Å². The van der Waals surface area contributed by atoms with Gasteiger partial charge in [0.2, 0.25) is 5.88 Å². The molecule has 0 saturated carbocycles. The van der Waals surface area contributed by atoms with E-state index in [9.17, 15) is 4.79 Å². The van der Waals surface area contributed by atoms with Crippen molar-refractivity contribution in [2.75, 3.05) is 13.1 Å². The Kier molecular flexibility index (Phi) is 3.75. The molecule has 4 heterocycles. The molecular formula is C20H25N3O3. The molecule has 2 aliphatic heterocycles. The lowest BCUT2D eigenvalue weighted by atomic mass is 9.87. The van der Waals surface area contributed by atoms with Gasteiger partial charge in [0.05, 0.1) is 5.69 Å². The zero-order chi connectivity index (χ0) is 18.5. The van der Waals surface area contributed by atoms with Crippen LogP contribution in [-0.2, 0) is 10.3 Å². The van der Waals surface area contributed by atoms with Crippen molar-refractivity contribution in [1.29, 1.82) is 0 Å². The molecule has 6 heteroatoms. The Balaban J connectivity index is 1.61. The van der Waals surface area contributed by atoms with Crippen molar-refractivity contribution in [3.63, 3.8) is 0 Å². The van der Waals surface area contributed by atoms with Crippen LogP contribution in [0.25, 0.3) is 5.69 Å². The molecule has 0 unspecified atom stereocenters. The number of fused-ring (bicyclic) bond motifs is 4. The van der Waals surface area contributed by atoms with Crippen molar-refractivity contribution < 1.29 is 14.3 Å². The van der Waals surface area contributed by atoms with Gasteiger partial charge in [-0.1, -0.05) is 0 Å². The quantitative estimate of drug-likeness (QED) is 0.721. The molecule has 1 spiro atoms. The highest BCUT2D eigenvalue weighted by Gasteiger charge is 2.46. The van der Waals surface area contributed by atoms with Crippen LogP contribution in [0.4, 0.5) is 4.79 Å². The second-order valence-electron chi connectivity index (χ2n) is 8.09. The highest BCUT2D eigenvalue weighted by Crippen LogP contribution is 2.45. The first-order chi connectivity index (χ1) is 12.3. The van der Waals surface area contributed by atoms with Gasteiger partial charge in [-0.15, -0.1) is 0 Å². The van der Waals surface area contributed by atoms with Crippen LogP contribution in [0.1, 0.15) is 45.0 Å². The SMILES string of the molecule is Cc1ccc2n1-c1cccnc1OC21CCN(C(=O)OC(C)(C)C)CC1. The third-order valence-corrected chi connectivity index (χ3v) is 5.05. The average Bonchev–Trinajstić information content (AvgIpc) is 2.97. The Morgan fingerprint density at radius 2 is 1.96 bits per heavy atom. The Labute approximate surface area is 153 Å². The summed E-state index contributed by atoms with van der Waals surface area (Å²) in [4.78, 5) is 18.6. The van der Waals surface area contributed by atoms with Gasteiger partial charge in [-0.05, 0) is 52.0 Å². The lowest BCUT2D eigenvalue weighted by molar-refractivity contribution is -0.0292. The third kappa shape index (κ3) is 2.73. The fourth-order valence-corrected chi connectivity index (χ4v) is 3.82. The number of ether oxygens (including phenoxy) is 2. The molecule has 0 radical (unpaired) electrons. The summed E-state index contributed by atoms with van der Waals surface area (Å²) in [5.41, 5.74) is 2.34. The van der Waals surface area contributed by atoms with Gasteiger partial charge >= 0.3 is 6.09 Å². The number of piperidine rings is 1. The van der Waals surface area contributed by atoms with Crippen molar-refractivity contribution in [3.8, 4) is 11.6 Å². The van der Waals surface area contributed by atoms with Gasteiger partial charge in [-0.3, -0.25) is 0 Å². The zero-order valence-electron chi connectivity index (χ0n) is 15.8. The molecule has 2 aromatic heterocycles. The normalized spacial score (nSPS) is 18.1. The summed E-state index contributed by atoms with van der Waals surface area (Å²) >= 11 is 0. The molecule has 1 fully saturated rings. The van der Waals surface area contributed by atoms with Crippen LogP contribution in [0.3, 0.4) is 0 Å². The minimum absolute atomic E-state index is 0.256. The van der Waals surface area contributed by atoms with E-state index < -0.39 is 11.2 Å². The fourth-order valence-electron chi connectivity index (χ4n) is 3.82. The number of carbonyl (C=O) groups excluding carboxylic acids is 1. The molecule has 0 aliphatic carbocycles. The van der Waals surface area contributed by atoms with Gasteiger partial charge in [-0.2, -0.15) is 0 Å². The zero-order valence-corrected chi connectivity index (χ0v) is 15.8. The van der Waals surface area contributed by atoms with E-state index >= 15 is 0 Å². The Hall–Kier alpha value is -2.50. The number of likely N-dealkylation sites (tertiary alicyclic amines) is 1. The maximum absolute atomic E-state index is 12.4. The van der Waals surface area contributed by atoms with E-state index in [0.29, 0.717) is 31.8 Å². The third-order valence-electron chi connectivity index (χ3n) is 5.05. The van der Waals surface area contributed by atoms with E-state index in [1.54, 1.807) is 11.1 Å². The summed E-state index contributed by atoms with van der Waals surface area (Å²) < 4.78 is 14.2. The van der Waals surface area contributed by atoms with Crippen LogP contribution >= 0.6 is 0 Å². The molecule has 0 bridgehead atoms. The molecule has 0 atom stereocenters. The number of amides is 1. The summed E-state index contributed by atoms with van der Waals surface area (Å²) in [5, 5.41) is 0. The van der Waals surface area contributed by atoms with E-state index in [2.05, 4.69) is 28.6 Å². The van der Waals surface area contributed by atoms with Crippen LogP contribution in [0.5, 0.6) is 5.88 Å². The van der Waals surface area contributed by atoms with Crippen LogP contribution in [0, 0.1) is 6.92 Å². The minimum Gasteiger partial charge on any atom is -0.463 e. The van der Waals surface area contributed by atoms with Crippen LogP contribution in [0.2, 0.25) is 0 Å². The molecule has 0 N–H and O–H groups in total. The molecule has 2 aromatic rings. The maximum atomic E-state index is 12.4. The number of aryl methyl sites for hydroxylation is 1. The molecule has 26 heavy (non-hydrogen) atoms. The molecule has 1 amide bonds. The van der Waals surface area contributed by atoms with Gasteiger partial charge in [0.1, 0.15) is 11.3 Å². The largest absolute Gasteiger partial charge is 0.463 e. The van der Waals surface area contributed by atoms with Gasteiger partial charge in [0.15, 0.2) is 5.60 Å². The Bertz CT molecular complexity index is 842.